The van der Waals surface area contributed by atoms with Gasteiger partial charge in [-0.25, -0.2) is 4.79 Å². The highest BCUT2D eigenvalue weighted by Crippen LogP contribution is 2.20. The average Bonchev–Trinajstić information content (AvgIpc) is 2.36. The zero-order valence-electron chi connectivity index (χ0n) is 11.2. The fraction of sp³-hybridized carbons (Fsp3) is 0.500. The topological polar surface area (TPSA) is 64.3 Å². The van der Waals surface area contributed by atoms with Gasteiger partial charge in [-0.2, -0.15) is 0 Å². The van der Waals surface area contributed by atoms with Gasteiger partial charge < -0.3 is 15.8 Å². The number of carbonyl (C=O) groups excluding carboxylic acids is 1. The highest BCUT2D eigenvalue weighted by atomic mass is 16.5. The fourth-order valence-corrected chi connectivity index (χ4v) is 1.66. The lowest BCUT2D eigenvalue weighted by atomic mass is 10.1. The van der Waals surface area contributed by atoms with Crippen LogP contribution in [-0.2, 0) is 4.74 Å². The number of esters is 1. The normalized spacial score (nSPS) is 10.1. The minimum Gasteiger partial charge on any atom is -0.462 e. The van der Waals surface area contributed by atoms with E-state index in [9.17, 15) is 4.79 Å². The van der Waals surface area contributed by atoms with Gasteiger partial charge >= 0.3 is 5.97 Å². The van der Waals surface area contributed by atoms with Crippen molar-refractivity contribution in [3.63, 3.8) is 0 Å². The van der Waals surface area contributed by atoms with Crippen LogP contribution >= 0.6 is 0 Å². The summed E-state index contributed by atoms with van der Waals surface area (Å²) in [5, 5.41) is 3.27. The Morgan fingerprint density at radius 1 is 1.33 bits per heavy atom. The number of nitrogens with two attached hydrogens (primary N) is 1. The fourth-order valence-electron chi connectivity index (χ4n) is 1.66. The van der Waals surface area contributed by atoms with Crippen LogP contribution in [0.25, 0.3) is 0 Å². The van der Waals surface area contributed by atoms with Gasteiger partial charge in [-0.1, -0.05) is 19.8 Å². The molecule has 0 spiro atoms. The van der Waals surface area contributed by atoms with Gasteiger partial charge in [0.2, 0.25) is 0 Å². The van der Waals surface area contributed by atoms with E-state index in [2.05, 4.69) is 12.2 Å². The maximum Gasteiger partial charge on any atom is 0.338 e. The van der Waals surface area contributed by atoms with E-state index in [0.29, 0.717) is 17.9 Å². The Morgan fingerprint density at radius 3 is 2.72 bits per heavy atom. The molecule has 0 unspecified atom stereocenters. The molecule has 100 valence electrons. The lowest BCUT2D eigenvalue weighted by Gasteiger charge is -2.10. The number of hydrogen-bond donors (Lipinski definition) is 2. The van der Waals surface area contributed by atoms with Gasteiger partial charge in [0.05, 0.1) is 23.5 Å². The third-order valence-electron chi connectivity index (χ3n) is 2.66. The Bertz CT molecular complexity index is 391. The van der Waals surface area contributed by atoms with Crippen LogP contribution in [0.4, 0.5) is 11.4 Å². The first-order valence-corrected chi connectivity index (χ1v) is 6.49. The number of ether oxygens (including phenoxy) is 1. The second-order valence-electron chi connectivity index (χ2n) is 4.16. The second-order valence-corrected chi connectivity index (χ2v) is 4.16. The summed E-state index contributed by atoms with van der Waals surface area (Å²) in [5.74, 6) is -0.332. The SMILES string of the molecule is CCCCCNc1ccc(C(=O)OCC)cc1N. The summed E-state index contributed by atoms with van der Waals surface area (Å²) >= 11 is 0. The van der Waals surface area contributed by atoms with Crippen LogP contribution in [-0.4, -0.2) is 19.1 Å². The largest absolute Gasteiger partial charge is 0.462 e. The number of rotatable bonds is 7. The number of hydrogen-bond acceptors (Lipinski definition) is 4. The van der Waals surface area contributed by atoms with Crippen LogP contribution in [0.3, 0.4) is 0 Å². The molecule has 0 aromatic heterocycles. The predicted molar refractivity (Wildman–Crippen MR) is 74.8 cm³/mol. The highest BCUT2D eigenvalue weighted by Gasteiger charge is 2.08. The van der Waals surface area contributed by atoms with Crippen molar-refractivity contribution in [2.75, 3.05) is 24.2 Å². The van der Waals surface area contributed by atoms with Gasteiger partial charge in [0.25, 0.3) is 0 Å². The summed E-state index contributed by atoms with van der Waals surface area (Å²) in [5.41, 5.74) is 7.85. The van der Waals surface area contributed by atoms with Gasteiger partial charge in [0, 0.05) is 6.54 Å². The molecule has 0 aliphatic rings. The lowest BCUT2D eigenvalue weighted by molar-refractivity contribution is 0.0526. The monoisotopic (exact) mass is 250 g/mol. The van der Waals surface area contributed by atoms with Crippen molar-refractivity contribution < 1.29 is 9.53 Å². The van der Waals surface area contributed by atoms with Crippen molar-refractivity contribution in [1.82, 2.24) is 0 Å². The summed E-state index contributed by atoms with van der Waals surface area (Å²) in [6, 6.07) is 5.21. The number of nitrogen functional groups attached to an aromatic ring is 1. The number of anilines is 2. The maximum absolute atomic E-state index is 11.5. The van der Waals surface area contributed by atoms with Crippen LogP contribution in [0.2, 0.25) is 0 Å². The first-order chi connectivity index (χ1) is 8.69. The van der Waals surface area contributed by atoms with Gasteiger partial charge in [-0.05, 0) is 31.5 Å². The number of nitrogens with one attached hydrogen (secondary N) is 1. The number of carbonyl (C=O) groups is 1. The zero-order chi connectivity index (χ0) is 13.4. The molecule has 0 bridgehead atoms. The third kappa shape index (κ3) is 4.28. The molecule has 0 radical (unpaired) electrons. The van der Waals surface area contributed by atoms with E-state index in [4.69, 9.17) is 10.5 Å². The molecule has 0 saturated carbocycles. The predicted octanol–water partition coefficient (Wildman–Crippen LogP) is 3.05. The zero-order valence-corrected chi connectivity index (χ0v) is 11.2. The van der Waals surface area contributed by atoms with E-state index in [1.807, 2.05) is 6.07 Å². The highest BCUT2D eigenvalue weighted by molar-refractivity contribution is 5.91. The third-order valence-corrected chi connectivity index (χ3v) is 2.66. The van der Waals surface area contributed by atoms with Crippen molar-refractivity contribution >= 4 is 17.3 Å². The van der Waals surface area contributed by atoms with E-state index in [-0.39, 0.29) is 5.97 Å². The number of benzene rings is 1. The average molecular weight is 250 g/mol. The van der Waals surface area contributed by atoms with E-state index < -0.39 is 0 Å². The lowest BCUT2D eigenvalue weighted by Crippen LogP contribution is -2.08. The molecule has 4 nitrogen and oxygen atoms in total. The molecule has 1 rings (SSSR count). The van der Waals surface area contributed by atoms with Crippen LogP contribution in [0.5, 0.6) is 0 Å². The summed E-state index contributed by atoms with van der Waals surface area (Å²) < 4.78 is 4.92. The van der Waals surface area contributed by atoms with Crippen molar-refractivity contribution in [3.8, 4) is 0 Å². The molecule has 1 aromatic carbocycles. The van der Waals surface area contributed by atoms with Crippen LogP contribution < -0.4 is 11.1 Å². The summed E-state index contributed by atoms with van der Waals surface area (Å²) in [6.07, 6.45) is 3.52. The Labute approximate surface area is 109 Å². The summed E-state index contributed by atoms with van der Waals surface area (Å²) in [4.78, 5) is 11.5. The van der Waals surface area contributed by atoms with Gasteiger partial charge in [-0.3, -0.25) is 0 Å². The molecule has 0 atom stereocenters. The Balaban J connectivity index is 2.59. The quantitative estimate of drug-likeness (QED) is 0.443. The standard InChI is InChI=1S/C14H22N2O2/c1-3-5-6-9-16-13-8-7-11(10-12(13)15)14(17)18-4-2/h7-8,10,16H,3-6,9,15H2,1-2H3. The van der Waals surface area contributed by atoms with Gasteiger partial charge in [-0.15, -0.1) is 0 Å². The maximum atomic E-state index is 11.5. The van der Waals surface area contributed by atoms with Crippen LogP contribution in [0.15, 0.2) is 18.2 Å². The van der Waals surface area contributed by atoms with Crippen molar-refractivity contribution in [2.24, 2.45) is 0 Å². The second kappa shape index (κ2) is 7.58. The Morgan fingerprint density at radius 2 is 2.11 bits per heavy atom. The van der Waals surface area contributed by atoms with Gasteiger partial charge in [0.15, 0.2) is 0 Å². The van der Waals surface area contributed by atoms with Crippen molar-refractivity contribution in [1.29, 1.82) is 0 Å². The smallest absolute Gasteiger partial charge is 0.338 e. The molecule has 0 aliphatic heterocycles. The molecule has 0 heterocycles. The molecular formula is C14H22N2O2. The van der Waals surface area contributed by atoms with E-state index in [1.54, 1.807) is 19.1 Å². The molecule has 0 aliphatic carbocycles. The first kappa shape index (κ1) is 14.4. The van der Waals surface area contributed by atoms with Crippen LogP contribution in [0, 0.1) is 0 Å². The van der Waals surface area contributed by atoms with E-state index in [0.717, 1.165) is 18.7 Å². The van der Waals surface area contributed by atoms with Crippen molar-refractivity contribution in [3.05, 3.63) is 23.8 Å². The van der Waals surface area contributed by atoms with Crippen LogP contribution in [0.1, 0.15) is 43.5 Å². The van der Waals surface area contributed by atoms with E-state index in [1.165, 1.54) is 12.8 Å². The minimum atomic E-state index is -0.332. The molecule has 4 heteroatoms. The Kier molecular flexibility index (Phi) is 6.05. The molecule has 3 N–H and O–H groups in total. The number of unbranched alkanes of at least 4 members (excludes halogenated alkanes) is 2. The molecule has 0 amide bonds. The summed E-state index contributed by atoms with van der Waals surface area (Å²) in [7, 11) is 0. The molecule has 1 aromatic rings. The first-order valence-electron chi connectivity index (χ1n) is 6.49. The molecular weight excluding hydrogens is 228 g/mol. The van der Waals surface area contributed by atoms with E-state index >= 15 is 0 Å². The minimum absolute atomic E-state index is 0.332. The molecule has 18 heavy (non-hydrogen) atoms. The molecule has 0 fully saturated rings. The Hall–Kier alpha value is -1.71. The summed E-state index contributed by atoms with van der Waals surface area (Å²) in [6.45, 7) is 5.22. The van der Waals surface area contributed by atoms with Gasteiger partial charge in [0.1, 0.15) is 0 Å². The van der Waals surface area contributed by atoms with Crippen molar-refractivity contribution in [2.45, 2.75) is 33.1 Å². The molecule has 0 saturated heterocycles.